The topological polar surface area (TPSA) is 12.4 Å². The summed E-state index contributed by atoms with van der Waals surface area (Å²) in [6.07, 6.45) is 1.01. The number of allylic oxidation sites excluding steroid dienone is 5. The summed E-state index contributed by atoms with van der Waals surface area (Å²) in [5.74, 6) is -1.32. The van der Waals surface area contributed by atoms with E-state index in [1.165, 1.54) is 13.8 Å². The van der Waals surface area contributed by atoms with E-state index in [1.54, 1.807) is 0 Å². The molecule has 0 spiro atoms. The molecule has 0 radical (unpaired) electrons. The van der Waals surface area contributed by atoms with Crippen molar-refractivity contribution in [2.24, 2.45) is 4.99 Å². The zero-order valence-corrected chi connectivity index (χ0v) is 8.21. The van der Waals surface area contributed by atoms with Crippen molar-refractivity contribution in [2.75, 3.05) is 0 Å². The van der Waals surface area contributed by atoms with E-state index < -0.39 is 11.7 Å². The molecule has 0 saturated heterocycles. The van der Waals surface area contributed by atoms with Gasteiger partial charge in [0, 0.05) is 0 Å². The van der Waals surface area contributed by atoms with Crippen LogP contribution in [0.4, 0.5) is 8.78 Å². The molecule has 0 N–H and O–H groups in total. The van der Waals surface area contributed by atoms with Crippen LogP contribution in [0.5, 0.6) is 0 Å². The van der Waals surface area contributed by atoms with E-state index in [-0.39, 0.29) is 11.3 Å². The Balaban J connectivity index is 4.91. The monoisotopic (exact) mass is 201 g/mol. The molecule has 0 amide bonds. The van der Waals surface area contributed by atoms with Crippen LogP contribution in [-0.4, -0.2) is 5.16 Å². The summed E-state index contributed by atoms with van der Waals surface area (Å²) in [6, 6.07) is 0. The fourth-order valence-electron chi connectivity index (χ4n) is 0.495. The van der Waals surface area contributed by atoms with Gasteiger partial charge >= 0.3 is 0 Å². The third-order valence-corrected chi connectivity index (χ3v) is 1.42. The van der Waals surface area contributed by atoms with E-state index >= 15 is 0 Å². The molecule has 70 valence electrons. The lowest BCUT2D eigenvalue weighted by Gasteiger charge is -1.95. The number of aliphatic imine (C=N–C) groups is 1. The second-order valence-corrected chi connectivity index (χ2v) is 2.55. The highest BCUT2D eigenvalue weighted by atomic mass is 32.1. The maximum Gasteiger partial charge on any atom is 0.145 e. The summed E-state index contributed by atoms with van der Waals surface area (Å²) in [5.41, 5.74) is 0.187. The molecule has 13 heavy (non-hydrogen) atoms. The highest BCUT2D eigenvalue weighted by Gasteiger charge is 1.99. The minimum absolute atomic E-state index is 0.0654. The molecule has 1 nitrogen and oxygen atoms in total. The van der Waals surface area contributed by atoms with E-state index in [0.29, 0.717) is 0 Å². The van der Waals surface area contributed by atoms with Crippen LogP contribution in [0.25, 0.3) is 0 Å². The Morgan fingerprint density at radius 1 is 1.46 bits per heavy atom. The Kier molecular flexibility index (Phi) is 5.04. The SMILES string of the molecule is C=C(F)/C(C)=C/C(F)=C(\C)N=C=S. The largest absolute Gasteiger partial charge is 0.207 e. The molecular weight excluding hydrogens is 192 g/mol. The van der Waals surface area contributed by atoms with E-state index in [4.69, 9.17) is 0 Å². The van der Waals surface area contributed by atoms with Gasteiger partial charge in [0.25, 0.3) is 0 Å². The van der Waals surface area contributed by atoms with Crippen molar-refractivity contribution in [1.82, 2.24) is 0 Å². The third-order valence-electron chi connectivity index (χ3n) is 1.33. The smallest absolute Gasteiger partial charge is 0.145 e. The molecule has 0 aromatic heterocycles. The van der Waals surface area contributed by atoms with E-state index in [1.807, 2.05) is 5.16 Å². The van der Waals surface area contributed by atoms with Crippen LogP contribution in [0.1, 0.15) is 13.8 Å². The first-order chi connectivity index (χ1) is 5.99. The van der Waals surface area contributed by atoms with Gasteiger partial charge in [0.15, 0.2) is 0 Å². The van der Waals surface area contributed by atoms with Crippen molar-refractivity contribution in [1.29, 1.82) is 0 Å². The number of thiocarbonyl (C=S) groups is 1. The van der Waals surface area contributed by atoms with Gasteiger partial charge in [0.1, 0.15) is 11.7 Å². The predicted molar refractivity (Wildman–Crippen MR) is 52.8 cm³/mol. The number of hydrogen-bond acceptors (Lipinski definition) is 2. The van der Waals surface area contributed by atoms with Crippen molar-refractivity contribution in [3.05, 3.63) is 35.6 Å². The molecule has 0 aliphatic rings. The van der Waals surface area contributed by atoms with Crippen molar-refractivity contribution in [2.45, 2.75) is 13.8 Å². The molecule has 0 aliphatic heterocycles. The maximum atomic E-state index is 13.0. The van der Waals surface area contributed by atoms with Gasteiger partial charge in [-0.25, -0.2) is 8.78 Å². The molecule has 0 aliphatic carbocycles. The standard InChI is InChI=1S/C9H9F2NS/c1-6(7(2)10)4-9(11)8(3)12-5-13/h4H,2H2,1,3H3/b6-4+,9-8-. The lowest BCUT2D eigenvalue weighted by molar-refractivity contribution is 0.635. The summed E-state index contributed by atoms with van der Waals surface area (Å²) < 4.78 is 25.4. The van der Waals surface area contributed by atoms with Crippen LogP contribution in [0.3, 0.4) is 0 Å². The minimum Gasteiger partial charge on any atom is -0.207 e. The van der Waals surface area contributed by atoms with Crippen molar-refractivity contribution in [3.63, 3.8) is 0 Å². The lowest BCUT2D eigenvalue weighted by atomic mass is 10.2. The summed E-state index contributed by atoms with van der Waals surface area (Å²) in [6.45, 7) is 5.85. The first-order valence-corrected chi connectivity index (χ1v) is 3.87. The zero-order chi connectivity index (χ0) is 10.4. The van der Waals surface area contributed by atoms with Gasteiger partial charge in [0.2, 0.25) is 0 Å². The van der Waals surface area contributed by atoms with Gasteiger partial charge in [-0.15, -0.1) is 0 Å². The summed E-state index contributed by atoms with van der Waals surface area (Å²) >= 11 is 4.28. The fourth-order valence-corrected chi connectivity index (χ4v) is 0.632. The Hall–Kier alpha value is -1.12. The summed E-state index contributed by atoms with van der Waals surface area (Å²) in [7, 11) is 0. The van der Waals surface area contributed by atoms with Crippen LogP contribution in [0.2, 0.25) is 0 Å². The van der Waals surface area contributed by atoms with Gasteiger partial charge in [0.05, 0.1) is 10.9 Å². The molecule has 0 bridgehead atoms. The Morgan fingerprint density at radius 3 is 2.38 bits per heavy atom. The quantitative estimate of drug-likeness (QED) is 0.385. The van der Waals surface area contributed by atoms with E-state index in [0.717, 1.165) is 6.08 Å². The summed E-state index contributed by atoms with van der Waals surface area (Å²) in [5, 5.41) is 2.02. The maximum absolute atomic E-state index is 13.0. The fraction of sp³-hybridized carbons (Fsp3) is 0.222. The molecule has 0 heterocycles. The van der Waals surface area contributed by atoms with Crippen LogP contribution in [0.15, 0.2) is 40.6 Å². The second kappa shape index (κ2) is 5.51. The first kappa shape index (κ1) is 11.9. The van der Waals surface area contributed by atoms with Crippen LogP contribution >= 0.6 is 12.2 Å². The summed E-state index contributed by atoms with van der Waals surface area (Å²) in [4.78, 5) is 3.41. The minimum atomic E-state index is -0.672. The van der Waals surface area contributed by atoms with Crippen molar-refractivity contribution in [3.8, 4) is 0 Å². The number of isothiocyanates is 1. The van der Waals surface area contributed by atoms with Gasteiger partial charge in [-0.1, -0.05) is 6.58 Å². The van der Waals surface area contributed by atoms with Crippen LogP contribution in [-0.2, 0) is 0 Å². The van der Waals surface area contributed by atoms with Crippen LogP contribution < -0.4 is 0 Å². The highest BCUT2D eigenvalue weighted by molar-refractivity contribution is 7.78. The Morgan fingerprint density at radius 2 is 2.00 bits per heavy atom. The van der Waals surface area contributed by atoms with Gasteiger partial charge in [-0.05, 0) is 37.7 Å². The molecule has 0 atom stereocenters. The van der Waals surface area contributed by atoms with Gasteiger partial charge in [-0.3, -0.25) is 0 Å². The molecule has 0 unspecified atom stereocenters. The molecule has 0 saturated carbocycles. The Labute approximate surface area is 81.2 Å². The first-order valence-electron chi connectivity index (χ1n) is 3.46. The van der Waals surface area contributed by atoms with E-state index in [9.17, 15) is 8.78 Å². The zero-order valence-electron chi connectivity index (χ0n) is 7.40. The number of nitrogens with zero attached hydrogens (tertiary/aromatic N) is 1. The molecule has 0 rings (SSSR count). The van der Waals surface area contributed by atoms with Crippen molar-refractivity contribution < 1.29 is 8.78 Å². The third kappa shape index (κ3) is 4.45. The Bertz CT molecular complexity index is 323. The predicted octanol–water partition coefficient (Wildman–Crippen LogP) is 3.72. The second-order valence-electron chi connectivity index (χ2n) is 2.37. The van der Waals surface area contributed by atoms with Gasteiger partial charge in [-0.2, -0.15) is 4.99 Å². The van der Waals surface area contributed by atoms with Crippen molar-refractivity contribution >= 4 is 17.4 Å². The average Bonchev–Trinajstić information content (AvgIpc) is 2.04. The van der Waals surface area contributed by atoms with Gasteiger partial charge < -0.3 is 0 Å². The highest BCUT2D eigenvalue weighted by Crippen LogP contribution is 2.15. The number of rotatable bonds is 3. The van der Waals surface area contributed by atoms with Crippen LogP contribution in [0, 0.1) is 0 Å². The average molecular weight is 201 g/mol. The number of hydrogen-bond donors (Lipinski definition) is 0. The molecule has 0 aromatic carbocycles. The van der Waals surface area contributed by atoms with E-state index in [2.05, 4.69) is 23.8 Å². The molecule has 0 fully saturated rings. The lowest BCUT2D eigenvalue weighted by Crippen LogP contribution is -1.79. The molecular formula is C9H9F2NS. The molecule has 0 aromatic rings. The number of halogens is 2. The molecule has 4 heteroatoms. The normalized spacial score (nSPS) is 13.1.